The van der Waals surface area contributed by atoms with Crippen LogP contribution < -0.4 is 11.1 Å². The fraction of sp³-hybridized carbons (Fsp3) is 0.190. The normalized spacial score (nSPS) is 13.6. The van der Waals surface area contributed by atoms with Gasteiger partial charge in [-0.15, -0.1) is 0 Å². The van der Waals surface area contributed by atoms with Gasteiger partial charge in [0.2, 0.25) is 5.91 Å². The molecule has 0 unspecified atom stereocenters. The Kier molecular flexibility index (Phi) is 4.13. The second kappa shape index (κ2) is 6.82. The van der Waals surface area contributed by atoms with Gasteiger partial charge in [-0.25, -0.2) is 14.4 Å². The van der Waals surface area contributed by atoms with Crippen molar-refractivity contribution in [2.45, 2.75) is 19.5 Å². The molecule has 146 valence electrons. The molecule has 1 amide bonds. The van der Waals surface area contributed by atoms with Crippen molar-refractivity contribution in [2.24, 2.45) is 5.73 Å². The fourth-order valence-electron chi connectivity index (χ4n) is 3.85. The maximum atomic E-state index is 13.5. The summed E-state index contributed by atoms with van der Waals surface area (Å²) in [5.41, 5.74) is 10.4. The number of nitrogens with two attached hydrogens (primary N) is 1. The molecule has 0 fully saturated rings. The molecule has 1 aliphatic rings. The summed E-state index contributed by atoms with van der Waals surface area (Å²) in [5.74, 6) is 0.252. The van der Waals surface area contributed by atoms with Crippen LogP contribution in [0.25, 0.3) is 28.2 Å². The van der Waals surface area contributed by atoms with Crippen LogP contribution in [0.1, 0.15) is 11.5 Å². The predicted octanol–water partition coefficient (Wildman–Crippen LogP) is 2.13. The second-order valence-electron chi connectivity index (χ2n) is 7.10. The van der Waals surface area contributed by atoms with E-state index in [1.165, 1.54) is 12.1 Å². The Balaban J connectivity index is 1.71. The third-order valence-corrected chi connectivity index (χ3v) is 5.17. The lowest BCUT2D eigenvalue weighted by atomic mass is 10.1. The van der Waals surface area contributed by atoms with Crippen LogP contribution >= 0.6 is 0 Å². The van der Waals surface area contributed by atoms with Crippen molar-refractivity contribution < 1.29 is 9.18 Å². The van der Waals surface area contributed by atoms with Crippen LogP contribution in [0.5, 0.6) is 0 Å². The summed E-state index contributed by atoms with van der Waals surface area (Å²) in [4.78, 5) is 20.6. The van der Waals surface area contributed by atoms with Gasteiger partial charge in [0.05, 0.1) is 30.0 Å². The van der Waals surface area contributed by atoms with Gasteiger partial charge in [-0.3, -0.25) is 4.79 Å². The molecule has 0 spiro atoms. The van der Waals surface area contributed by atoms with Gasteiger partial charge < -0.3 is 20.0 Å². The molecule has 1 aliphatic heterocycles. The van der Waals surface area contributed by atoms with E-state index in [1.54, 1.807) is 18.3 Å². The highest BCUT2D eigenvalue weighted by Crippen LogP contribution is 2.34. The number of imidazole rings is 2. The highest BCUT2D eigenvalue weighted by molar-refractivity contribution is 5.80. The van der Waals surface area contributed by atoms with Crippen molar-refractivity contribution in [1.29, 1.82) is 0 Å². The molecule has 4 heterocycles. The van der Waals surface area contributed by atoms with E-state index in [9.17, 15) is 9.18 Å². The lowest BCUT2D eigenvalue weighted by molar-refractivity contribution is -0.117. The van der Waals surface area contributed by atoms with E-state index < -0.39 is 5.91 Å². The molecule has 1 aromatic carbocycles. The number of amides is 1. The topological polar surface area (TPSA) is 90.2 Å². The molecule has 8 heteroatoms. The molecular formula is C21H19FN6O. The van der Waals surface area contributed by atoms with Crippen molar-refractivity contribution >= 4 is 11.6 Å². The van der Waals surface area contributed by atoms with Crippen molar-refractivity contribution in [2.75, 3.05) is 6.54 Å². The molecule has 0 aliphatic carbocycles. The maximum absolute atomic E-state index is 13.5. The standard InChI is InChI=1S/C21H19FN6O/c22-15-4-1-13(2-5-15)20-21(27-8-7-24-11-19(27)26-20)14-3-6-18-25-10-16(9-17(23)29)28(18)12-14/h1-6,10,12,24H,7-9,11H2,(H2,23,29). The number of primary amides is 1. The zero-order valence-corrected chi connectivity index (χ0v) is 15.6. The number of hydrogen-bond acceptors (Lipinski definition) is 4. The summed E-state index contributed by atoms with van der Waals surface area (Å²) in [6.07, 6.45) is 3.74. The van der Waals surface area contributed by atoms with Crippen LogP contribution in [-0.4, -0.2) is 31.4 Å². The monoisotopic (exact) mass is 390 g/mol. The predicted molar refractivity (Wildman–Crippen MR) is 106 cm³/mol. The van der Waals surface area contributed by atoms with Crippen LogP contribution in [0, 0.1) is 5.82 Å². The Labute approximate surface area is 166 Å². The number of carbonyl (C=O) groups is 1. The number of hydrogen-bond donors (Lipinski definition) is 2. The summed E-state index contributed by atoms with van der Waals surface area (Å²) >= 11 is 0. The number of fused-ring (bicyclic) bond motifs is 2. The van der Waals surface area contributed by atoms with Crippen molar-refractivity contribution in [3.8, 4) is 22.5 Å². The van der Waals surface area contributed by atoms with E-state index in [0.717, 1.165) is 52.8 Å². The Morgan fingerprint density at radius 1 is 1.17 bits per heavy atom. The third-order valence-electron chi connectivity index (χ3n) is 5.17. The number of benzene rings is 1. The minimum absolute atomic E-state index is 0.115. The van der Waals surface area contributed by atoms with Crippen molar-refractivity contribution in [3.63, 3.8) is 0 Å². The first-order valence-corrected chi connectivity index (χ1v) is 9.41. The van der Waals surface area contributed by atoms with Gasteiger partial charge in [0.15, 0.2) is 0 Å². The number of nitrogens with zero attached hydrogens (tertiary/aromatic N) is 4. The second-order valence-corrected chi connectivity index (χ2v) is 7.10. The van der Waals surface area contributed by atoms with E-state index in [2.05, 4.69) is 14.9 Å². The van der Waals surface area contributed by atoms with E-state index in [0.29, 0.717) is 6.54 Å². The van der Waals surface area contributed by atoms with E-state index in [4.69, 9.17) is 10.7 Å². The van der Waals surface area contributed by atoms with Gasteiger partial charge in [-0.05, 0) is 36.4 Å². The van der Waals surface area contributed by atoms with Crippen molar-refractivity contribution in [3.05, 3.63) is 66.1 Å². The van der Waals surface area contributed by atoms with Gasteiger partial charge in [-0.2, -0.15) is 0 Å². The minimum atomic E-state index is -0.406. The summed E-state index contributed by atoms with van der Waals surface area (Å²) in [7, 11) is 0. The number of aromatic nitrogens is 4. The molecule has 3 aromatic heterocycles. The van der Waals surface area contributed by atoms with Crippen LogP contribution in [-0.2, 0) is 24.3 Å². The number of pyridine rings is 1. The van der Waals surface area contributed by atoms with Crippen molar-refractivity contribution in [1.82, 2.24) is 24.3 Å². The molecule has 29 heavy (non-hydrogen) atoms. The van der Waals surface area contributed by atoms with Crippen LogP contribution in [0.2, 0.25) is 0 Å². The number of carbonyl (C=O) groups excluding carboxylic acids is 1. The summed E-state index contributed by atoms with van der Waals surface area (Å²) in [6, 6.07) is 10.3. The van der Waals surface area contributed by atoms with Gasteiger partial charge in [0, 0.05) is 36.6 Å². The lowest BCUT2D eigenvalue weighted by Gasteiger charge is -2.18. The largest absolute Gasteiger partial charge is 0.369 e. The molecule has 3 N–H and O–H groups in total. The fourth-order valence-corrected chi connectivity index (χ4v) is 3.85. The summed E-state index contributed by atoms with van der Waals surface area (Å²) in [5, 5.41) is 3.34. The highest BCUT2D eigenvalue weighted by atomic mass is 19.1. The molecule has 0 saturated carbocycles. The van der Waals surface area contributed by atoms with Crippen LogP contribution in [0.4, 0.5) is 4.39 Å². The molecular weight excluding hydrogens is 371 g/mol. The van der Waals surface area contributed by atoms with Gasteiger partial charge in [0.25, 0.3) is 0 Å². The zero-order chi connectivity index (χ0) is 20.0. The molecule has 0 bridgehead atoms. The third kappa shape index (κ3) is 3.07. The molecule has 7 nitrogen and oxygen atoms in total. The average Bonchev–Trinajstić information content (AvgIpc) is 3.29. The Hall–Kier alpha value is -3.52. The molecule has 0 atom stereocenters. The highest BCUT2D eigenvalue weighted by Gasteiger charge is 2.22. The summed E-state index contributed by atoms with van der Waals surface area (Å²) < 4.78 is 17.5. The quantitative estimate of drug-likeness (QED) is 0.559. The Morgan fingerprint density at radius 2 is 1.97 bits per heavy atom. The lowest BCUT2D eigenvalue weighted by Crippen LogP contribution is -2.28. The first-order chi connectivity index (χ1) is 14.1. The average molecular weight is 390 g/mol. The van der Waals surface area contributed by atoms with Crippen LogP contribution in [0.3, 0.4) is 0 Å². The number of rotatable bonds is 4. The number of halogens is 1. The summed E-state index contributed by atoms with van der Waals surface area (Å²) in [6.45, 7) is 2.31. The first-order valence-electron chi connectivity index (χ1n) is 9.41. The molecule has 0 radical (unpaired) electrons. The maximum Gasteiger partial charge on any atom is 0.223 e. The van der Waals surface area contributed by atoms with E-state index in [-0.39, 0.29) is 12.2 Å². The van der Waals surface area contributed by atoms with E-state index in [1.807, 2.05) is 22.7 Å². The van der Waals surface area contributed by atoms with E-state index >= 15 is 0 Å². The zero-order valence-electron chi connectivity index (χ0n) is 15.6. The van der Waals surface area contributed by atoms with Gasteiger partial charge in [-0.1, -0.05) is 0 Å². The van der Waals surface area contributed by atoms with Gasteiger partial charge in [0.1, 0.15) is 17.3 Å². The smallest absolute Gasteiger partial charge is 0.223 e. The van der Waals surface area contributed by atoms with Crippen LogP contribution in [0.15, 0.2) is 48.8 Å². The first kappa shape index (κ1) is 17.6. The Morgan fingerprint density at radius 3 is 2.76 bits per heavy atom. The Bertz CT molecular complexity index is 1220. The molecule has 0 saturated heterocycles. The molecule has 4 aromatic rings. The van der Waals surface area contributed by atoms with Gasteiger partial charge >= 0.3 is 0 Å². The SMILES string of the molecule is NC(=O)Cc1cnc2ccc(-c3c(-c4ccc(F)cc4)nc4n3CCNC4)cn12. The molecule has 5 rings (SSSR count). The minimum Gasteiger partial charge on any atom is -0.369 e. The number of nitrogens with one attached hydrogen (secondary N) is 1.